The molecule has 0 radical (unpaired) electrons. The van der Waals surface area contributed by atoms with E-state index >= 15 is 0 Å². The van der Waals surface area contributed by atoms with Crippen LogP contribution in [0.4, 0.5) is 0 Å². The van der Waals surface area contributed by atoms with E-state index in [1.165, 1.54) is 24.3 Å². The molecule has 4 bridgehead atoms. The van der Waals surface area contributed by atoms with E-state index in [0.29, 0.717) is 11.8 Å². The summed E-state index contributed by atoms with van der Waals surface area (Å²) >= 11 is 0. The van der Waals surface area contributed by atoms with Gasteiger partial charge < -0.3 is 4.52 Å². The van der Waals surface area contributed by atoms with Gasteiger partial charge in [-0.25, -0.2) is 13.1 Å². The number of amides is 1. The molecular weight excluding hydrogens is 316 g/mol. The van der Waals surface area contributed by atoms with Gasteiger partial charge in [0.2, 0.25) is 10.0 Å². The maximum absolute atomic E-state index is 12.2. The molecule has 7 heteroatoms. The fraction of sp³-hybridized carbons (Fsp3) is 0.625. The highest BCUT2D eigenvalue weighted by Gasteiger charge is 2.45. The van der Waals surface area contributed by atoms with Crippen molar-refractivity contribution in [3.05, 3.63) is 29.7 Å². The van der Waals surface area contributed by atoms with Crippen LogP contribution in [0.25, 0.3) is 0 Å². The van der Waals surface area contributed by atoms with E-state index < -0.39 is 15.9 Å². The second kappa shape index (κ2) is 5.47. The molecule has 4 fully saturated rings. The lowest BCUT2D eigenvalue weighted by atomic mass is 9.54. The Kier molecular flexibility index (Phi) is 3.55. The van der Waals surface area contributed by atoms with E-state index in [1.54, 1.807) is 6.08 Å². The van der Waals surface area contributed by atoms with Crippen LogP contribution in [0, 0.1) is 23.7 Å². The largest absolute Gasteiger partial charge is 0.364 e. The van der Waals surface area contributed by atoms with Crippen molar-refractivity contribution in [2.45, 2.75) is 37.9 Å². The van der Waals surface area contributed by atoms with Crippen molar-refractivity contribution in [1.29, 1.82) is 0 Å². The Hall–Kier alpha value is -1.63. The molecule has 0 unspecified atom stereocenters. The first-order valence-electron chi connectivity index (χ1n) is 8.13. The van der Waals surface area contributed by atoms with Gasteiger partial charge in [-0.2, -0.15) is 0 Å². The summed E-state index contributed by atoms with van der Waals surface area (Å²) in [5.74, 6) is 1.71. The van der Waals surface area contributed by atoms with E-state index in [4.69, 9.17) is 0 Å². The number of allylic oxidation sites excluding steroid dienone is 1. The number of hydrogen-bond donors (Lipinski definition) is 1. The highest BCUT2D eigenvalue weighted by Crippen LogP contribution is 2.56. The predicted octanol–water partition coefficient (Wildman–Crippen LogP) is 2.00. The van der Waals surface area contributed by atoms with Crippen molar-refractivity contribution in [1.82, 2.24) is 9.88 Å². The summed E-state index contributed by atoms with van der Waals surface area (Å²) < 4.78 is 30.8. The van der Waals surface area contributed by atoms with E-state index in [2.05, 4.69) is 14.4 Å². The summed E-state index contributed by atoms with van der Waals surface area (Å²) in [6.07, 6.45) is 8.86. The van der Waals surface area contributed by atoms with Gasteiger partial charge in [0.05, 0.1) is 0 Å². The molecule has 1 amide bonds. The molecule has 0 atom stereocenters. The van der Waals surface area contributed by atoms with E-state index in [0.717, 1.165) is 37.5 Å². The number of hydrogen-bond acceptors (Lipinski definition) is 5. The van der Waals surface area contributed by atoms with Crippen LogP contribution >= 0.6 is 0 Å². The highest BCUT2D eigenvalue weighted by molar-refractivity contribution is 7.89. The van der Waals surface area contributed by atoms with Gasteiger partial charge in [-0.15, -0.1) is 0 Å². The van der Waals surface area contributed by atoms with Gasteiger partial charge in [-0.3, -0.25) is 4.79 Å². The molecule has 0 aliphatic heterocycles. The molecule has 6 nitrogen and oxygen atoms in total. The van der Waals surface area contributed by atoms with E-state index in [-0.39, 0.29) is 11.4 Å². The fourth-order valence-corrected chi connectivity index (χ4v) is 5.82. The van der Waals surface area contributed by atoms with Crippen molar-refractivity contribution in [3.8, 4) is 0 Å². The number of carbonyl (C=O) groups is 1. The summed E-state index contributed by atoms with van der Waals surface area (Å²) in [5, 5.41) is 3.56. The zero-order valence-electron chi connectivity index (χ0n) is 12.8. The van der Waals surface area contributed by atoms with Gasteiger partial charge >= 0.3 is 0 Å². The molecule has 4 aliphatic rings. The molecule has 4 saturated carbocycles. The Balaban J connectivity index is 1.45. The molecule has 4 aliphatic carbocycles. The van der Waals surface area contributed by atoms with Crippen LogP contribution in [-0.4, -0.2) is 19.5 Å². The Morgan fingerprint density at radius 1 is 1.22 bits per heavy atom. The second-order valence-corrected chi connectivity index (χ2v) is 8.89. The van der Waals surface area contributed by atoms with Crippen molar-refractivity contribution in [3.63, 3.8) is 0 Å². The predicted molar refractivity (Wildman–Crippen MR) is 82.4 cm³/mol. The third-order valence-electron chi connectivity index (χ3n) is 5.46. The minimum absolute atomic E-state index is 0.285. The SMILES string of the molecule is O=C(C=C1C2CC3CC(C2)CC1C3)NS(=O)(=O)Cc1ccon1. The quantitative estimate of drug-likeness (QED) is 0.850. The van der Waals surface area contributed by atoms with Crippen LogP contribution in [0.3, 0.4) is 0 Å². The lowest BCUT2D eigenvalue weighted by molar-refractivity contribution is -0.115. The lowest BCUT2D eigenvalue weighted by Gasteiger charge is -2.51. The average molecular weight is 336 g/mol. The zero-order chi connectivity index (χ0) is 16.0. The molecule has 1 aromatic heterocycles. The van der Waals surface area contributed by atoms with Crippen molar-refractivity contribution >= 4 is 15.9 Å². The number of nitrogens with zero attached hydrogens (tertiary/aromatic N) is 1. The summed E-state index contributed by atoms with van der Waals surface area (Å²) in [5.41, 5.74) is 1.46. The monoisotopic (exact) mass is 336 g/mol. The molecule has 0 spiro atoms. The number of carbonyl (C=O) groups excluding carboxylic acids is 1. The maximum Gasteiger partial charge on any atom is 0.257 e. The van der Waals surface area contributed by atoms with Gasteiger partial charge in [0, 0.05) is 12.1 Å². The van der Waals surface area contributed by atoms with Crippen LogP contribution in [0.1, 0.15) is 37.8 Å². The molecule has 0 saturated heterocycles. The molecule has 124 valence electrons. The molecule has 1 aromatic rings. The van der Waals surface area contributed by atoms with Crippen LogP contribution in [0.5, 0.6) is 0 Å². The fourth-order valence-electron chi connectivity index (χ4n) is 4.84. The van der Waals surface area contributed by atoms with E-state index in [1.807, 2.05) is 0 Å². The summed E-state index contributed by atoms with van der Waals surface area (Å²) in [6.45, 7) is 0. The third-order valence-corrected chi connectivity index (χ3v) is 6.65. The summed E-state index contributed by atoms with van der Waals surface area (Å²) in [6, 6.07) is 1.47. The molecule has 1 heterocycles. The topological polar surface area (TPSA) is 89.3 Å². The standard InChI is InChI=1S/C16H20N2O4S/c19-16(18-23(20,21)9-14-1-2-22-17-14)8-15-12-4-10-3-11(6-12)7-13(15)5-10/h1-2,8,10-13H,3-7,9H2,(H,18,19). The number of aromatic nitrogens is 1. The van der Waals surface area contributed by atoms with E-state index in [9.17, 15) is 13.2 Å². The molecular formula is C16H20N2O4S. The maximum atomic E-state index is 12.2. The Labute approximate surface area is 135 Å². The van der Waals surface area contributed by atoms with Gasteiger partial charge in [0.25, 0.3) is 5.91 Å². The molecule has 23 heavy (non-hydrogen) atoms. The van der Waals surface area contributed by atoms with Crippen molar-refractivity contribution < 1.29 is 17.7 Å². The molecule has 0 aromatic carbocycles. The minimum atomic E-state index is -3.75. The van der Waals surface area contributed by atoms with Crippen LogP contribution < -0.4 is 4.72 Å². The molecule has 5 rings (SSSR count). The van der Waals surface area contributed by atoms with Crippen LogP contribution in [0.15, 0.2) is 28.5 Å². The Morgan fingerprint density at radius 2 is 1.87 bits per heavy atom. The second-order valence-electron chi connectivity index (χ2n) is 7.16. The normalized spacial score (nSPS) is 32.1. The first-order valence-corrected chi connectivity index (χ1v) is 9.79. The number of rotatable bonds is 4. The number of sulfonamides is 1. The first kappa shape index (κ1) is 14.9. The minimum Gasteiger partial charge on any atom is -0.364 e. The van der Waals surface area contributed by atoms with Crippen molar-refractivity contribution in [2.24, 2.45) is 23.7 Å². The van der Waals surface area contributed by atoms with Crippen molar-refractivity contribution in [2.75, 3.05) is 0 Å². The van der Waals surface area contributed by atoms with Gasteiger partial charge in [-0.05, 0) is 55.8 Å². The van der Waals surface area contributed by atoms with Gasteiger partial charge in [-0.1, -0.05) is 10.7 Å². The number of nitrogens with one attached hydrogen (secondary N) is 1. The van der Waals surface area contributed by atoms with Gasteiger partial charge in [0.1, 0.15) is 17.7 Å². The highest BCUT2D eigenvalue weighted by atomic mass is 32.2. The lowest BCUT2D eigenvalue weighted by Crippen LogP contribution is -2.41. The Bertz CT molecular complexity index is 706. The average Bonchev–Trinajstić information content (AvgIpc) is 2.93. The summed E-state index contributed by atoms with van der Waals surface area (Å²) in [4.78, 5) is 12.2. The molecule has 1 N–H and O–H groups in total. The first-order chi connectivity index (χ1) is 11.0. The third kappa shape index (κ3) is 3.06. The summed E-state index contributed by atoms with van der Waals surface area (Å²) in [7, 11) is -3.75. The van der Waals surface area contributed by atoms with Gasteiger partial charge in [0.15, 0.2) is 0 Å². The van der Waals surface area contributed by atoms with Crippen LogP contribution in [0.2, 0.25) is 0 Å². The van der Waals surface area contributed by atoms with Crippen LogP contribution in [-0.2, 0) is 20.6 Å². The smallest absolute Gasteiger partial charge is 0.257 e. The Morgan fingerprint density at radius 3 is 2.43 bits per heavy atom. The zero-order valence-corrected chi connectivity index (χ0v) is 13.6.